The lowest BCUT2D eigenvalue weighted by Crippen LogP contribution is -2.57. The molecule has 3 heterocycles. The zero-order chi connectivity index (χ0) is 25.1. The molecule has 6 nitrogen and oxygen atoms in total. The molecule has 1 saturated heterocycles. The minimum absolute atomic E-state index is 0.0112. The maximum Gasteiger partial charge on any atom is 0.260 e. The molecule has 2 amide bonds. The van der Waals surface area contributed by atoms with Gasteiger partial charge in [0.1, 0.15) is 5.75 Å². The molecule has 0 bridgehead atoms. The topological polar surface area (TPSA) is 53.1 Å². The number of thiophene rings is 1. The molecule has 36 heavy (non-hydrogen) atoms. The van der Waals surface area contributed by atoms with Crippen LogP contribution in [0.15, 0.2) is 66.0 Å². The van der Waals surface area contributed by atoms with Crippen LogP contribution in [0.2, 0.25) is 0 Å². The van der Waals surface area contributed by atoms with Crippen LogP contribution in [0.5, 0.6) is 5.75 Å². The highest BCUT2D eigenvalue weighted by atomic mass is 32.1. The van der Waals surface area contributed by atoms with Gasteiger partial charge in [0.05, 0.1) is 12.6 Å². The molecule has 188 valence electrons. The number of nitrogens with zero attached hydrogens (tertiary/aromatic N) is 3. The summed E-state index contributed by atoms with van der Waals surface area (Å²) in [5.41, 5.74) is 3.79. The number of amides is 2. The Morgan fingerprint density at radius 1 is 0.972 bits per heavy atom. The number of fused-ring (bicyclic) bond motifs is 1. The Labute approximate surface area is 217 Å². The molecule has 0 spiro atoms. The fraction of sp³-hybridized carbons (Fsp3) is 0.379. The first-order valence-electron chi connectivity index (χ1n) is 12.6. The van der Waals surface area contributed by atoms with Crippen LogP contribution >= 0.6 is 11.3 Å². The summed E-state index contributed by atoms with van der Waals surface area (Å²) in [6.45, 7) is 6.98. The monoisotopic (exact) mass is 503 g/mol. The molecule has 2 aliphatic rings. The van der Waals surface area contributed by atoms with E-state index in [4.69, 9.17) is 4.74 Å². The smallest absolute Gasteiger partial charge is 0.260 e. The number of hydrogen-bond donors (Lipinski definition) is 0. The summed E-state index contributed by atoms with van der Waals surface area (Å²) in [6.07, 6.45) is 0.975. The molecule has 0 unspecified atom stereocenters. The first-order chi connectivity index (χ1) is 17.5. The van der Waals surface area contributed by atoms with Gasteiger partial charge >= 0.3 is 0 Å². The molecule has 0 radical (unpaired) electrons. The average molecular weight is 504 g/mol. The van der Waals surface area contributed by atoms with Gasteiger partial charge in [-0.3, -0.25) is 14.5 Å². The third-order valence-corrected chi connectivity index (χ3v) is 8.20. The largest absolute Gasteiger partial charge is 0.484 e. The zero-order valence-electron chi connectivity index (χ0n) is 20.9. The van der Waals surface area contributed by atoms with E-state index >= 15 is 0 Å². The normalized spacial score (nSPS) is 20.2. The maximum absolute atomic E-state index is 13.4. The van der Waals surface area contributed by atoms with Crippen molar-refractivity contribution in [1.29, 1.82) is 0 Å². The van der Waals surface area contributed by atoms with Gasteiger partial charge in [0, 0.05) is 37.1 Å². The van der Waals surface area contributed by atoms with Crippen LogP contribution in [-0.2, 0) is 16.0 Å². The summed E-state index contributed by atoms with van der Waals surface area (Å²) in [5, 5.41) is 2.16. The van der Waals surface area contributed by atoms with Gasteiger partial charge in [-0.25, -0.2) is 0 Å². The van der Waals surface area contributed by atoms with Crippen LogP contribution < -0.4 is 4.74 Å². The number of carbonyl (C=O) groups excluding carboxylic acids is 2. The third kappa shape index (κ3) is 5.32. The Balaban J connectivity index is 1.21. The summed E-state index contributed by atoms with van der Waals surface area (Å²) >= 11 is 1.81. The number of rotatable bonds is 6. The quantitative estimate of drug-likeness (QED) is 0.507. The van der Waals surface area contributed by atoms with Crippen molar-refractivity contribution in [2.75, 3.05) is 39.3 Å². The van der Waals surface area contributed by atoms with E-state index in [1.54, 1.807) is 0 Å². The second-order valence-corrected chi connectivity index (χ2v) is 10.7. The van der Waals surface area contributed by atoms with Crippen molar-refractivity contribution >= 4 is 23.2 Å². The van der Waals surface area contributed by atoms with Crippen LogP contribution in [-0.4, -0.2) is 71.9 Å². The summed E-state index contributed by atoms with van der Waals surface area (Å²) in [6, 6.07) is 20.3. The highest BCUT2D eigenvalue weighted by Gasteiger charge is 2.34. The number of benzene rings is 2. The summed E-state index contributed by atoms with van der Waals surface area (Å²) in [4.78, 5) is 33.7. The summed E-state index contributed by atoms with van der Waals surface area (Å²) in [7, 11) is 0. The number of para-hydroxylation sites is 1. The Kier molecular flexibility index (Phi) is 7.39. The second kappa shape index (κ2) is 10.8. The molecule has 1 fully saturated rings. The highest BCUT2D eigenvalue weighted by molar-refractivity contribution is 7.10. The predicted molar refractivity (Wildman–Crippen MR) is 142 cm³/mol. The molecule has 0 saturated carbocycles. The minimum atomic E-state index is -0.0488. The molecule has 2 atom stereocenters. The van der Waals surface area contributed by atoms with Gasteiger partial charge < -0.3 is 14.5 Å². The van der Waals surface area contributed by atoms with Crippen LogP contribution in [0.25, 0.3) is 0 Å². The molecule has 0 N–H and O–H groups in total. The average Bonchev–Trinajstić information content (AvgIpc) is 3.37. The van der Waals surface area contributed by atoms with Crippen molar-refractivity contribution in [2.45, 2.75) is 32.4 Å². The van der Waals surface area contributed by atoms with E-state index in [-0.39, 0.29) is 30.5 Å². The van der Waals surface area contributed by atoms with Gasteiger partial charge in [0.15, 0.2) is 6.61 Å². The molecular weight excluding hydrogens is 470 g/mol. The Morgan fingerprint density at radius 3 is 2.50 bits per heavy atom. The molecular formula is C29H33N3O3S. The van der Waals surface area contributed by atoms with Gasteiger partial charge in [0.2, 0.25) is 5.91 Å². The van der Waals surface area contributed by atoms with E-state index < -0.39 is 0 Å². The minimum Gasteiger partial charge on any atom is -0.484 e. The molecule has 5 rings (SSSR count). The number of carbonyl (C=O) groups is 2. The van der Waals surface area contributed by atoms with E-state index in [9.17, 15) is 9.59 Å². The Hall–Kier alpha value is -3.16. The van der Waals surface area contributed by atoms with E-state index in [1.807, 2.05) is 58.4 Å². The SMILES string of the molecule is Cc1ccc([C@@H]2c3ccsc3CCN2CC(=O)N2CCN(C(=O)COc3ccccc3)[C@H](C)C2)cc1. The molecule has 7 heteroatoms. The standard InChI is InChI=1S/C29H33N3O3S/c1-21-8-10-23(11-9-21)29-25-13-17-36-26(25)12-14-31(29)19-27(33)30-15-16-32(22(2)18-30)28(34)20-35-24-6-4-3-5-7-24/h3-11,13,17,22,29H,12,14-16,18-20H2,1-2H3/t22-,29-/m1/s1. The van der Waals surface area contributed by atoms with Crippen LogP contribution in [0.1, 0.15) is 34.5 Å². The third-order valence-electron chi connectivity index (χ3n) is 7.20. The van der Waals surface area contributed by atoms with Crippen LogP contribution in [0.4, 0.5) is 0 Å². The Morgan fingerprint density at radius 2 is 1.75 bits per heavy atom. The number of piperazine rings is 1. The number of hydrogen-bond acceptors (Lipinski definition) is 5. The fourth-order valence-electron chi connectivity index (χ4n) is 5.25. The predicted octanol–water partition coefficient (Wildman–Crippen LogP) is 4.14. The van der Waals surface area contributed by atoms with Crippen molar-refractivity contribution in [1.82, 2.24) is 14.7 Å². The number of aryl methyl sites for hydroxylation is 1. The first kappa shape index (κ1) is 24.5. The molecule has 0 aliphatic carbocycles. The van der Waals surface area contributed by atoms with Crippen molar-refractivity contribution in [3.05, 3.63) is 87.6 Å². The maximum atomic E-state index is 13.4. The first-order valence-corrected chi connectivity index (χ1v) is 13.5. The van der Waals surface area contributed by atoms with Gasteiger partial charge in [-0.15, -0.1) is 11.3 Å². The fourth-order valence-corrected chi connectivity index (χ4v) is 6.15. The zero-order valence-corrected chi connectivity index (χ0v) is 21.7. The Bertz CT molecular complexity index is 1190. The van der Waals surface area contributed by atoms with Gasteiger partial charge in [-0.05, 0) is 55.0 Å². The summed E-state index contributed by atoms with van der Waals surface area (Å²) in [5.74, 6) is 0.773. The van der Waals surface area contributed by atoms with E-state index in [1.165, 1.54) is 21.6 Å². The van der Waals surface area contributed by atoms with Gasteiger partial charge in [0.25, 0.3) is 5.91 Å². The molecule has 3 aromatic rings. The molecule has 2 aromatic carbocycles. The summed E-state index contributed by atoms with van der Waals surface area (Å²) < 4.78 is 5.65. The van der Waals surface area contributed by atoms with Gasteiger partial charge in [-0.2, -0.15) is 0 Å². The van der Waals surface area contributed by atoms with E-state index in [0.29, 0.717) is 31.9 Å². The van der Waals surface area contributed by atoms with Crippen molar-refractivity contribution in [3.8, 4) is 5.75 Å². The van der Waals surface area contributed by atoms with E-state index in [0.717, 1.165) is 13.0 Å². The second-order valence-electron chi connectivity index (χ2n) is 9.71. The van der Waals surface area contributed by atoms with Crippen LogP contribution in [0.3, 0.4) is 0 Å². The van der Waals surface area contributed by atoms with Crippen molar-refractivity contribution in [2.24, 2.45) is 0 Å². The lowest BCUT2D eigenvalue weighted by atomic mass is 9.92. The molecule has 2 aliphatic heterocycles. The lowest BCUT2D eigenvalue weighted by molar-refractivity contribution is -0.144. The number of ether oxygens (including phenoxy) is 1. The van der Waals surface area contributed by atoms with E-state index in [2.05, 4.69) is 47.5 Å². The lowest BCUT2D eigenvalue weighted by Gasteiger charge is -2.42. The van der Waals surface area contributed by atoms with Crippen molar-refractivity contribution in [3.63, 3.8) is 0 Å². The van der Waals surface area contributed by atoms with Crippen molar-refractivity contribution < 1.29 is 14.3 Å². The highest BCUT2D eigenvalue weighted by Crippen LogP contribution is 2.37. The molecule has 1 aromatic heterocycles. The van der Waals surface area contributed by atoms with Crippen LogP contribution in [0, 0.1) is 6.92 Å². The van der Waals surface area contributed by atoms with Gasteiger partial charge in [-0.1, -0.05) is 48.0 Å².